The van der Waals surface area contributed by atoms with E-state index in [2.05, 4.69) is 35.1 Å². The molecule has 0 aliphatic carbocycles. The van der Waals surface area contributed by atoms with Crippen molar-refractivity contribution in [3.63, 3.8) is 0 Å². The van der Waals surface area contributed by atoms with Crippen molar-refractivity contribution in [2.45, 2.75) is 50.0 Å². The molecule has 2 nitrogen and oxygen atoms in total. The smallest absolute Gasteiger partial charge is 0.150 e. The lowest BCUT2D eigenvalue weighted by atomic mass is 9.82. The first-order valence-electron chi connectivity index (χ1n) is 4.21. The maximum atomic E-state index is 11.5. The molecule has 1 rings (SSSR count). The second kappa shape index (κ2) is 2.81. The first kappa shape index (κ1) is 10.2. The summed E-state index contributed by atoms with van der Waals surface area (Å²) in [4.78, 5) is 11.5. The summed E-state index contributed by atoms with van der Waals surface area (Å²) in [7, 11) is 0. The molecule has 0 aromatic carbocycles. The molecule has 1 aliphatic rings. The van der Waals surface area contributed by atoms with Crippen LogP contribution in [0.25, 0.3) is 0 Å². The topological polar surface area (TPSA) is 29.1 Å². The second-order valence-corrected chi connectivity index (χ2v) is 5.65. The summed E-state index contributed by atoms with van der Waals surface area (Å²) in [6.45, 7) is 8.22. The number of rotatable bonds is 0. The van der Waals surface area contributed by atoms with Gasteiger partial charge in [-0.3, -0.25) is 4.79 Å². The van der Waals surface area contributed by atoms with Crippen LogP contribution in [-0.4, -0.2) is 21.7 Å². The predicted molar refractivity (Wildman–Crippen MR) is 53.6 cm³/mol. The van der Waals surface area contributed by atoms with Gasteiger partial charge in [0.05, 0.1) is 4.83 Å². The lowest BCUT2D eigenvalue weighted by Crippen LogP contribution is -2.64. The standard InChI is InChI=1S/C9H16BrNO/c1-8(2)5-6(12)7(10)9(3,4)11-8/h7,11H,5H2,1-4H3. The number of ketones is 1. The van der Waals surface area contributed by atoms with Crippen LogP contribution in [0.1, 0.15) is 34.1 Å². The third-order valence-electron chi connectivity index (χ3n) is 2.19. The largest absolute Gasteiger partial charge is 0.305 e. The van der Waals surface area contributed by atoms with Crippen molar-refractivity contribution in [1.29, 1.82) is 0 Å². The molecular weight excluding hydrogens is 218 g/mol. The lowest BCUT2D eigenvalue weighted by Gasteiger charge is -2.44. The van der Waals surface area contributed by atoms with Crippen LogP contribution in [0, 0.1) is 0 Å². The molecule has 0 aromatic heterocycles. The molecule has 1 aliphatic heterocycles. The van der Waals surface area contributed by atoms with Gasteiger partial charge in [0.15, 0.2) is 0 Å². The summed E-state index contributed by atoms with van der Waals surface area (Å²) < 4.78 is 0. The number of alkyl halides is 1. The zero-order valence-electron chi connectivity index (χ0n) is 8.07. The summed E-state index contributed by atoms with van der Waals surface area (Å²) in [5, 5.41) is 3.44. The van der Waals surface area contributed by atoms with E-state index in [1.807, 2.05) is 13.8 Å². The highest BCUT2D eigenvalue weighted by Gasteiger charge is 2.43. The fraction of sp³-hybridized carbons (Fsp3) is 0.889. The zero-order valence-corrected chi connectivity index (χ0v) is 9.66. The fourth-order valence-corrected chi connectivity index (χ4v) is 2.18. The highest BCUT2D eigenvalue weighted by atomic mass is 79.9. The van der Waals surface area contributed by atoms with Gasteiger partial charge in [-0.2, -0.15) is 0 Å². The minimum absolute atomic E-state index is 0.0574. The maximum absolute atomic E-state index is 11.5. The predicted octanol–water partition coefficient (Wildman–Crippen LogP) is 1.87. The molecule has 1 fully saturated rings. The molecule has 3 heteroatoms. The molecule has 1 unspecified atom stereocenters. The molecule has 1 saturated heterocycles. The van der Waals surface area contributed by atoms with E-state index >= 15 is 0 Å². The van der Waals surface area contributed by atoms with Gasteiger partial charge >= 0.3 is 0 Å². The first-order chi connectivity index (χ1) is 5.25. The molecule has 1 atom stereocenters. The Hall–Kier alpha value is 0.110. The van der Waals surface area contributed by atoms with E-state index in [-0.39, 0.29) is 15.9 Å². The first-order valence-corrected chi connectivity index (χ1v) is 5.12. The Bertz CT molecular complexity index is 211. The molecule has 1 N–H and O–H groups in total. The summed E-state index contributed by atoms with van der Waals surface area (Å²) in [6, 6.07) is 0. The molecule has 0 aromatic rings. The van der Waals surface area contributed by atoms with Gasteiger partial charge in [-0.1, -0.05) is 15.9 Å². The Morgan fingerprint density at radius 1 is 1.42 bits per heavy atom. The van der Waals surface area contributed by atoms with Gasteiger partial charge in [0.1, 0.15) is 5.78 Å². The van der Waals surface area contributed by atoms with E-state index in [0.29, 0.717) is 12.2 Å². The summed E-state index contributed by atoms with van der Waals surface area (Å²) in [5.41, 5.74) is -0.205. The van der Waals surface area contributed by atoms with Crippen molar-refractivity contribution in [1.82, 2.24) is 5.32 Å². The van der Waals surface area contributed by atoms with E-state index < -0.39 is 0 Å². The molecule has 0 amide bonds. The number of nitrogens with one attached hydrogen (secondary N) is 1. The number of hydrogen-bond acceptors (Lipinski definition) is 2. The SMILES string of the molecule is CC1(C)CC(=O)C(Br)C(C)(C)N1. The van der Waals surface area contributed by atoms with Gasteiger partial charge in [0, 0.05) is 17.5 Å². The summed E-state index contributed by atoms with van der Waals surface area (Å²) in [5.74, 6) is 0.295. The van der Waals surface area contributed by atoms with Crippen LogP contribution in [0.15, 0.2) is 0 Å². The van der Waals surface area contributed by atoms with Crippen LogP contribution in [-0.2, 0) is 4.79 Å². The average Bonchev–Trinajstić information content (AvgIpc) is 1.79. The van der Waals surface area contributed by atoms with Gasteiger partial charge < -0.3 is 5.32 Å². The van der Waals surface area contributed by atoms with E-state index in [9.17, 15) is 4.79 Å². The number of carbonyl (C=O) groups is 1. The molecule has 0 bridgehead atoms. The Morgan fingerprint density at radius 2 is 1.92 bits per heavy atom. The van der Waals surface area contributed by atoms with Gasteiger partial charge in [0.25, 0.3) is 0 Å². The molecule has 70 valence electrons. The highest BCUT2D eigenvalue weighted by molar-refractivity contribution is 9.10. The van der Waals surface area contributed by atoms with E-state index in [4.69, 9.17) is 0 Å². The third-order valence-corrected chi connectivity index (χ3v) is 3.85. The summed E-state index contributed by atoms with van der Waals surface area (Å²) >= 11 is 3.41. The monoisotopic (exact) mass is 233 g/mol. The molecule has 12 heavy (non-hydrogen) atoms. The zero-order chi connectivity index (χ0) is 9.57. The maximum Gasteiger partial charge on any atom is 0.150 e. The second-order valence-electron chi connectivity index (χ2n) is 4.74. The Kier molecular flexibility index (Phi) is 2.39. The van der Waals surface area contributed by atoms with Crippen LogP contribution in [0.4, 0.5) is 0 Å². The number of carbonyl (C=O) groups excluding carboxylic acids is 1. The minimum atomic E-state index is -0.140. The van der Waals surface area contributed by atoms with E-state index in [1.54, 1.807) is 0 Å². The van der Waals surface area contributed by atoms with Crippen molar-refractivity contribution in [2.75, 3.05) is 0 Å². The quantitative estimate of drug-likeness (QED) is 0.648. The fourth-order valence-electron chi connectivity index (χ4n) is 1.91. The summed E-state index contributed by atoms with van der Waals surface area (Å²) in [6.07, 6.45) is 0.604. The van der Waals surface area contributed by atoms with Crippen LogP contribution in [0.2, 0.25) is 0 Å². The molecule has 0 spiro atoms. The number of hydrogen-bond donors (Lipinski definition) is 1. The van der Waals surface area contributed by atoms with Crippen LogP contribution >= 0.6 is 15.9 Å². The number of piperidine rings is 1. The van der Waals surface area contributed by atoms with Crippen LogP contribution < -0.4 is 5.32 Å². The Labute approximate surface area is 82.2 Å². The average molecular weight is 234 g/mol. The number of halogens is 1. The Morgan fingerprint density at radius 3 is 2.33 bits per heavy atom. The highest BCUT2D eigenvalue weighted by Crippen LogP contribution is 2.30. The molecule has 0 saturated carbocycles. The molecule has 1 heterocycles. The number of Topliss-reactive ketones (excluding diaryl/α,β-unsaturated/α-hetero) is 1. The van der Waals surface area contributed by atoms with Crippen molar-refractivity contribution in [3.05, 3.63) is 0 Å². The van der Waals surface area contributed by atoms with Gasteiger partial charge in [-0.15, -0.1) is 0 Å². The molecule has 0 radical (unpaired) electrons. The van der Waals surface area contributed by atoms with Crippen molar-refractivity contribution < 1.29 is 4.79 Å². The van der Waals surface area contributed by atoms with Crippen molar-refractivity contribution >= 4 is 21.7 Å². The van der Waals surface area contributed by atoms with Crippen LogP contribution in [0.3, 0.4) is 0 Å². The lowest BCUT2D eigenvalue weighted by molar-refractivity contribution is -0.123. The third kappa shape index (κ3) is 1.88. The van der Waals surface area contributed by atoms with Crippen LogP contribution in [0.5, 0.6) is 0 Å². The normalized spacial score (nSPS) is 33.4. The van der Waals surface area contributed by atoms with Crippen molar-refractivity contribution in [3.8, 4) is 0 Å². The van der Waals surface area contributed by atoms with E-state index in [1.165, 1.54) is 0 Å². The van der Waals surface area contributed by atoms with Gasteiger partial charge in [-0.05, 0) is 27.7 Å². The molecular formula is C9H16BrNO. The van der Waals surface area contributed by atoms with Gasteiger partial charge in [0.2, 0.25) is 0 Å². The minimum Gasteiger partial charge on any atom is -0.305 e. The van der Waals surface area contributed by atoms with E-state index in [0.717, 1.165) is 0 Å². The van der Waals surface area contributed by atoms with Gasteiger partial charge in [-0.25, -0.2) is 0 Å². The van der Waals surface area contributed by atoms with Crippen molar-refractivity contribution in [2.24, 2.45) is 0 Å². The Balaban J connectivity index is 2.87.